The van der Waals surface area contributed by atoms with E-state index >= 15 is 0 Å². The average Bonchev–Trinajstić information content (AvgIpc) is 3.87. The fourth-order valence-corrected chi connectivity index (χ4v) is 8.83. The largest absolute Gasteiger partial charge is 0.416 e. The highest BCUT2D eigenvalue weighted by atomic mass is 19.4. The quantitative estimate of drug-likeness (QED) is 0.0745. The van der Waals surface area contributed by atoms with Crippen molar-refractivity contribution in [2.75, 3.05) is 45.6 Å². The minimum absolute atomic E-state index is 0.00408. The van der Waals surface area contributed by atoms with Crippen molar-refractivity contribution in [1.29, 1.82) is 0 Å². The Morgan fingerprint density at radius 2 is 1.47 bits per heavy atom. The van der Waals surface area contributed by atoms with Gasteiger partial charge in [-0.3, -0.25) is 29.0 Å². The number of amides is 5. The molecule has 1 aromatic carbocycles. The lowest BCUT2D eigenvalue weighted by Gasteiger charge is -2.39. The summed E-state index contributed by atoms with van der Waals surface area (Å²) in [5.74, 6) is -0.0378. The van der Waals surface area contributed by atoms with E-state index in [1.165, 1.54) is 12.4 Å². The van der Waals surface area contributed by atoms with Crippen molar-refractivity contribution >= 4 is 46.3 Å². The first-order valence-electron chi connectivity index (χ1n) is 24.6. The van der Waals surface area contributed by atoms with Gasteiger partial charge in [0.25, 0.3) is 0 Å². The molecule has 68 heavy (non-hydrogen) atoms. The number of pyridine rings is 1. The molecule has 2 atom stereocenters. The molecule has 6 rings (SSSR count). The molecule has 1 aliphatic carbocycles. The van der Waals surface area contributed by atoms with Crippen LogP contribution in [0.1, 0.15) is 135 Å². The number of hydrogen-bond donors (Lipinski definition) is 4. The van der Waals surface area contributed by atoms with Gasteiger partial charge in [-0.05, 0) is 109 Å². The number of benzene rings is 1. The molecule has 5 amide bonds. The Bertz CT molecular complexity index is 1990. The zero-order valence-electron chi connectivity index (χ0n) is 40.6. The summed E-state index contributed by atoms with van der Waals surface area (Å²) < 4.78 is 39.5. The zero-order valence-corrected chi connectivity index (χ0v) is 40.6. The summed E-state index contributed by atoms with van der Waals surface area (Å²) >= 11 is 0. The molecule has 0 radical (unpaired) electrons. The molecule has 2 aliphatic heterocycles. The molecule has 15 nitrogen and oxygen atoms in total. The number of primary amides is 1. The van der Waals surface area contributed by atoms with Gasteiger partial charge in [-0.1, -0.05) is 44.6 Å². The normalized spacial score (nSPS) is 19.4. The second-order valence-electron chi connectivity index (χ2n) is 18.5. The Morgan fingerprint density at radius 1 is 0.838 bits per heavy atom. The maximum atomic E-state index is 13.2. The number of nitrogens with one attached hydrogen (secondary N) is 3. The minimum atomic E-state index is -4.45. The molecule has 3 aromatic rings. The van der Waals surface area contributed by atoms with Gasteiger partial charge in [0.05, 0.1) is 17.0 Å². The molecule has 5 N–H and O–H groups in total. The molecular formula is C50H75F3N10O5. The maximum Gasteiger partial charge on any atom is 0.416 e. The lowest BCUT2D eigenvalue weighted by molar-refractivity contribution is -0.137. The lowest BCUT2D eigenvalue weighted by atomic mass is 9.89. The number of hydrogen-bond acceptors (Lipinski definition) is 10. The van der Waals surface area contributed by atoms with Gasteiger partial charge in [-0.15, -0.1) is 0 Å². The second kappa shape index (κ2) is 28.8. The number of alkyl halides is 3. The van der Waals surface area contributed by atoms with Crippen molar-refractivity contribution in [1.82, 2.24) is 40.3 Å². The third-order valence-electron chi connectivity index (χ3n) is 13.1. The zero-order chi connectivity index (χ0) is 49.5. The Kier molecular flexibility index (Phi) is 23.4. The molecule has 2 unspecified atom stereocenters. The Balaban J connectivity index is 0.000000264. The van der Waals surface area contributed by atoms with E-state index in [2.05, 4.69) is 56.7 Å². The molecule has 3 aliphatic rings. The number of aromatic nitrogens is 3. The van der Waals surface area contributed by atoms with Crippen molar-refractivity contribution in [2.45, 2.75) is 160 Å². The number of unbranched alkanes of at least 4 members (excludes halogenated alkanes) is 8. The fourth-order valence-electron chi connectivity index (χ4n) is 8.83. The molecule has 0 spiro atoms. The first kappa shape index (κ1) is 55.2. The predicted octanol–water partition coefficient (Wildman–Crippen LogP) is 7.26. The van der Waals surface area contributed by atoms with Gasteiger partial charge in [-0.25, -0.2) is 9.97 Å². The third kappa shape index (κ3) is 18.9. The summed E-state index contributed by atoms with van der Waals surface area (Å²) in [6.07, 6.45) is 16.3. The molecule has 376 valence electrons. The van der Waals surface area contributed by atoms with Gasteiger partial charge < -0.3 is 36.4 Å². The van der Waals surface area contributed by atoms with Gasteiger partial charge in [0.1, 0.15) is 18.2 Å². The summed E-state index contributed by atoms with van der Waals surface area (Å²) in [6.45, 7) is 6.91. The third-order valence-corrected chi connectivity index (χ3v) is 13.1. The van der Waals surface area contributed by atoms with E-state index in [4.69, 9.17) is 5.73 Å². The van der Waals surface area contributed by atoms with Crippen molar-refractivity contribution in [3.8, 4) is 0 Å². The van der Waals surface area contributed by atoms with Crippen LogP contribution < -0.4 is 21.7 Å². The Labute approximate surface area is 400 Å². The molecular weight excluding hydrogens is 878 g/mol. The number of nitrogens with zero attached hydrogens (tertiary/aromatic N) is 6. The number of rotatable bonds is 22. The van der Waals surface area contributed by atoms with Crippen LogP contribution in [0.5, 0.6) is 0 Å². The lowest BCUT2D eigenvalue weighted by Crippen LogP contribution is -2.46. The van der Waals surface area contributed by atoms with Crippen LogP contribution in [0.3, 0.4) is 0 Å². The van der Waals surface area contributed by atoms with Gasteiger partial charge in [0, 0.05) is 88.4 Å². The smallest absolute Gasteiger partial charge is 0.370 e. The maximum absolute atomic E-state index is 13.2. The van der Waals surface area contributed by atoms with Crippen LogP contribution in [0.15, 0.2) is 55.1 Å². The topological polar surface area (TPSA) is 196 Å². The molecule has 4 heterocycles. The molecule has 0 bridgehead atoms. The van der Waals surface area contributed by atoms with E-state index in [-0.39, 0.29) is 52.7 Å². The van der Waals surface area contributed by atoms with Crippen LogP contribution in [0.2, 0.25) is 0 Å². The molecule has 3 fully saturated rings. The van der Waals surface area contributed by atoms with Crippen molar-refractivity contribution in [2.24, 2.45) is 11.7 Å². The van der Waals surface area contributed by atoms with E-state index in [1.807, 2.05) is 23.1 Å². The first-order chi connectivity index (χ1) is 32.5. The number of fused-ring (bicyclic) bond motifs is 1. The highest BCUT2D eigenvalue weighted by molar-refractivity contribution is 5.93. The van der Waals surface area contributed by atoms with Crippen molar-refractivity contribution in [3.63, 3.8) is 0 Å². The number of carbonyl (C=O) groups is 5. The number of carbonyl (C=O) groups excluding carboxylic acids is 5. The average molecular weight is 953 g/mol. The summed E-state index contributed by atoms with van der Waals surface area (Å²) in [4.78, 5) is 76.9. The predicted molar refractivity (Wildman–Crippen MR) is 258 cm³/mol. The van der Waals surface area contributed by atoms with E-state index in [0.717, 1.165) is 102 Å². The highest BCUT2D eigenvalue weighted by Gasteiger charge is 2.39. The van der Waals surface area contributed by atoms with E-state index in [0.29, 0.717) is 69.5 Å². The van der Waals surface area contributed by atoms with Crippen LogP contribution in [-0.2, 0) is 30.1 Å². The highest BCUT2D eigenvalue weighted by Crippen LogP contribution is 2.34. The van der Waals surface area contributed by atoms with Crippen molar-refractivity contribution in [3.05, 3.63) is 60.7 Å². The Morgan fingerprint density at radius 3 is 2.04 bits per heavy atom. The number of halogens is 3. The summed E-state index contributed by atoms with van der Waals surface area (Å²) in [6, 6.07) is 9.89. The molecule has 2 saturated heterocycles. The van der Waals surface area contributed by atoms with Crippen LogP contribution in [0.25, 0.3) is 10.9 Å². The SMILES string of the molecule is CC(C)N(C)C1CCC(N2CCC(Nc3ncnc4ccc(C(F)(F)F)cc34)C2=O)CC1.CN1CC(C(=O)NCCCCCCNC(=O)CCCCCCCCC(N)=O)CC1=O.c1ccncc1. The van der Waals surface area contributed by atoms with Gasteiger partial charge in [0.2, 0.25) is 29.5 Å². The summed E-state index contributed by atoms with van der Waals surface area (Å²) in [7, 11) is 3.89. The van der Waals surface area contributed by atoms with Crippen LogP contribution in [-0.4, -0.2) is 124 Å². The summed E-state index contributed by atoms with van der Waals surface area (Å²) in [5, 5.41) is 9.26. The van der Waals surface area contributed by atoms with Gasteiger partial charge >= 0.3 is 6.18 Å². The standard InChI is InChI=1S/C23H30F3N5O.C22H40N4O4.C5H5N/c1-14(2)30(3)16-5-7-17(8-6-16)31-11-10-20(22(31)32)29-21-18-12-15(23(24,25)26)4-9-19(18)27-13-28-21;1-26-17-18(16-21(26)29)22(30)25-15-11-7-6-10-14-24-20(28)13-9-5-3-2-4-8-12-19(23)27;1-2-4-6-5-3-1/h4,9,12-14,16-17,20H,5-8,10-11H2,1-3H3,(H,27,28,29);18H,2-17H2,1H3,(H2,23,27)(H,24,28)(H,25,30);1-5H. The number of likely N-dealkylation sites (tertiary alicyclic amines) is 2. The van der Waals surface area contributed by atoms with Crippen LogP contribution in [0.4, 0.5) is 19.0 Å². The van der Waals surface area contributed by atoms with Crippen molar-refractivity contribution < 1.29 is 37.1 Å². The molecule has 1 saturated carbocycles. The van der Waals surface area contributed by atoms with Gasteiger partial charge in [-0.2, -0.15) is 13.2 Å². The van der Waals surface area contributed by atoms with E-state index in [9.17, 15) is 37.1 Å². The van der Waals surface area contributed by atoms with E-state index < -0.39 is 17.8 Å². The van der Waals surface area contributed by atoms with Crippen LogP contribution >= 0.6 is 0 Å². The number of anilines is 1. The fraction of sp³-hybridized carbons (Fsp3) is 0.640. The minimum Gasteiger partial charge on any atom is -0.370 e. The monoisotopic (exact) mass is 953 g/mol. The van der Waals surface area contributed by atoms with Gasteiger partial charge in [0.15, 0.2) is 0 Å². The van der Waals surface area contributed by atoms with Crippen LogP contribution in [0, 0.1) is 5.92 Å². The summed E-state index contributed by atoms with van der Waals surface area (Å²) in [5.41, 5.74) is 4.75. The Hall–Kier alpha value is -5.39. The second-order valence-corrected chi connectivity index (χ2v) is 18.5. The number of nitrogens with two attached hydrogens (primary N) is 1. The molecule has 2 aromatic heterocycles. The van der Waals surface area contributed by atoms with E-state index in [1.54, 1.807) is 24.3 Å². The molecule has 18 heteroatoms. The first-order valence-corrected chi connectivity index (χ1v) is 24.6.